The zero-order valence-corrected chi connectivity index (χ0v) is 14.1. The summed E-state index contributed by atoms with van der Waals surface area (Å²) in [6.45, 7) is 4.08. The molecule has 1 unspecified atom stereocenters. The van der Waals surface area contributed by atoms with Crippen LogP contribution in [0.1, 0.15) is 37.8 Å². The molecule has 0 saturated carbocycles. The molecule has 1 aromatic rings. The Kier molecular flexibility index (Phi) is 4.30. The summed E-state index contributed by atoms with van der Waals surface area (Å²) in [4.78, 5) is 39.6. The molecule has 1 aromatic carbocycles. The first kappa shape index (κ1) is 16.5. The van der Waals surface area contributed by atoms with Crippen LogP contribution in [0.15, 0.2) is 18.2 Å². The van der Waals surface area contributed by atoms with Crippen molar-refractivity contribution in [3.05, 3.63) is 29.3 Å². The van der Waals surface area contributed by atoms with E-state index in [1.807, 2.05) is 18.2 Å². The Morgan fingerprint density at radius 2 is 2.04 bits per heavy atom. The number of ether oxygens (including phenoxy) is 1. The highest BCUT2D eigenvalue weighted by Gasteiger charge is 2.54. The van der Waals surface area contributed by atoms with Crippen LogP contribution in [-0.2, 0) is 32.0 Å². The maximum absolute atomic E-state index is 13.2. The van der Waals surface area contributed by atoms with Gasteiger partial charge in [-0.2, -0.15) is 0 Å². The molecule has 0 radical (unpaired) electrons. The van der Waals surface area contributed by atoms with E-state index in [0.29, 0.717) is 6.54 Å². The number of nitrogens with one attached hydrogen (secondary N) is 1. The third kappa shape index (κ3) is 2.46. The summed E-state index contributed by atoms with van der Waals surface area (Å²) in [7, 11) is 0. The lowest BCUT2D eigenvalue weighted by molar-refractivity contribution is -0.158. The molecule has 3 rings (SSSR count). The zero-order valence-electron chi connectivity index (χ0n) is 14.1. The van der Waals surface area contributed by atoms with Crippen LogP contribution in [0.5, 0.6) is 0 Å². The van der Waals surface area contributed by atoms with Gasteiger partial charge >= 0.3 is 5.97 Å². The first-order valence-electron chi connectivity index (χ1n) is 8.44. The number of benzene rings is 1. The second-order valence-electron chi connectivity index (χ2n) is 6.19. The van der Waals surface area contributed by atoms with E-state index in [9.17, 15) is 14.4 Å². The summed E-state index contributed by atoms with van der Waals surface area (Å²) < 4.78 is 5.16. The number of aryl methyl sites for hydroxylation is 1. The summed E-state index contributed by atoms with van der Waals surface area (Å²) in [6.07, 6.45) is 2.08. The van der Waals surface area contributed by atoms with Crippen LogP contribution >= 0.6 is 0 Å². The summed E-state index contributed by atoms with van der Waals surface area (Å²) in [5.74, 6) is -1.41. The molecule has 6 heteroatoms. The predicted molar refractivity (Wildman–Crippen MR) is 88.6 cm³/mol. The molecule has 2 heterocycles. The summed E-state index contributed by atoms with van der Waals surface area (Å²) >= 11 is 0. The molecule has 2 aliphatic rings. The van der Waals surface area contributed by atoms with E-state index < -0.39 is 11.5 Å². The van der Waals surface area contributed by atoms with Gasteiger partial charge in [0.1, 0.15) is 0 Å². The molecule has 6 nitrogen and oxygen atoms in total. The second kappa shape index (κ2) is 6.26. The number of esters is 1. The lowest BCUT2D eigenvalue weighted by atomic mass is 9.81. The largest absolute Gasteiger partial charge is 0.464 e. The van der Waals surface area contributed by atoms with Gasteiger partial charge in [-0.05, 0) is 30.9 Å². The SMILES string of the molecule is CCOC(=O)C1(NC(=O)CC)Cc2cccc3c2N(CCC3)C1=O. The van der Waals surface area contributed by atoms with E-state index in [4.69, 9.17) is 4.74 Å². The van der Waals surface area contributed by atoms with E-state index in [0.717, 1.165) is 29.7 Å². The first-order chi connectivity index (χ1) is 11.5. The lowest BCUT2D eigenvalue weighted by Gasteiger charge is -2.43. The van der Waals surface area contributed by atoms with Crippen molar-refractivity contribution in [1.82, 2.24) is 5.32 Å². The van der Waals surface area contributed by atoms with E-state index in [1.165, 1.54) is 0 Å². The lowest BCUT2D eigenvalue weighted by Crippen LogP contribution is -2.68. The number of hydrogen-bond donors (Lipinski definition) is 1. The molecule has 0 aliphatic carbocycles. The van der Waals surface area contributed by atoms with Gasteiger partial charge in [0.2, 0.25) is 11.4 Å². The molecule has 0 fully saturated rings. The molecule has 1 atom stereocenters. The van der Waals surface area contributed by atoms with Gasteiger partial charge in [0, 0.05) is 19.4 Å². The van der Waals surface area contributed by atoms with Crippen molar-refractivity contribution in [2.45, 2.75) is 45.1 Å². The van der Waals surface area contributed by atoms with E-state index >= 15 is 0 Å². The van der Waals surface area contributed by atoms with Gasteiger partial charge in [-0.1, -0.05) is 25.1 Å². The van der Waals surface area contributed by atoms with Crippen molar-refractivity contribution < 1.29 is 19.1 Å². The molecule has 24 heavy (non-hydrogen) atoms. The Balaban J connectivity index is 2.11. The van der Waals surface area contributed by atoms with E-state index in [1.54, 1.807) is 18.7 Å². The first-order valence-corrected chi connectivity index (χ1v) is 8.44. The molecule has 0 bridgehead atoms. The quantitative estimate of drug-likeness (QED) is 0.668. The zero-order chi connectivity index (χ0) is 17.3. The van der Waals surface area contributed by atoms with Gasteiger partial charge in [-0.15, -0.1) is 0 Å². The van der Waals surface area contributed by atoms with Crippen LogP contribution in [0.2, 0.25) is 0 Å². The molecule has 128 valence electrons. The van der Waals surface area contributed by atoms with Crippen LogP contribution in [0.25, 0.3) is 0 Å². The van der Waals surface area contributed by atoms with Gasteiger partial charge in [0.05, 0.1) is 12.3 Å². The fourth-order valence-electron chi connectivity index (χ4n) is 3.56. The Labute approximate surface area is 141 Å². The highest BCUT2D eigenvalue weighted by Crippen LogP contribution is 2.39. The topological polar surface area (TPSA) is 75.7 Å². The van der Waals surface area contributed by atoms with E-state index in [2.05, 4.69) is 5.32 Å². The summed E-state index contributed by atoms with van der Waals surface area (Å²) in [6, 6.07) is 5.86. The molecule has 1 N–H and O–H groups in total. The molecule has 0 aromatic heterocycles. The van der Waals surface area contributed by atoms with Crippen LogP contribution in [-0.4, -0.2) is 36.5 Å². The Morgan fingerprint density at radius 3 is 2.75 bits per heavy atom. The number of carbonyl (C=O) groups excluding carboxylic acids is 3. The van der Waals surface area contributed by atoms with Gasteiger partial charge in [-0.3, -0.25) is 9.59 Å². The molecule has 0 spiro atoms. The fraction of sp³-hybridized carbons (Fsp3) is 0.500. The fourth-order valence-corrected chi connectivity index (χ4v) is 3.56. The monoisotopic (exact) mass is 330 g/mol. The minimum absolute atomic E-state index is 0.135. The Bertz CT molecular complexity index is 700. The van der Waals surface area contributed by atoms with Crippen LogP contribution in [0.3, 0.4) is 0 Å². The predicted octanol–water partition coefficient (Wildman–Crippen LogP) is 1.35. The Hall–Kier alpha value is -2.37. The highest BCUT2D eigenvalue weighted by molar-refractivity contribution is 6.18. The Morgan fingerprint density at radius 1 is 1.29 bits per heavy atom. The smallest absolute Gasteiger partial charge is 0.342 e. The summed E-state index contributed by atoms with van der Waals surface area (Å²) in [5, 5.41) is 2.66. The average Bonchev–Trinajstić information content (AvgIpc) is 2.59. The minimum Gasteiger partial charge on any atom is -0.464 e. The van der Waals surface area contributed by atoms with E-state index in [-0.39, 0.29) is 31.3 Å². The van der Waals surface area contributed by atoms with Crippen molar-refractivity contribution in [2.75, 3.05) is 18.1 Å². The van der Waals surface area contributed by atoms with Crippen molar-refractivity contribution in [2.24, 2.45) is 0 Å². The number of nitrogens with zero attached hydrogens (tertiary/aromatic N) is 1. The maximum atomic E-state index is 13.2. The molecular weight excluding hydrogens is 308 g/mol. The standard InChI is InChI=1S/C18H22N2O4/c1-3-14(21)19-18(17(23)24-4-2)11-13-8-5-7-12-9-6-10-20(15(12)13)16(18)22/h5,7-8H,3-4,6,9-11H2,1-2H3,(H,19,21). The second-order valence-corrected chi connectivity index (χ2v) is 6.19. The number of anilines is 1. The minimum atomic E-state index is -1.66. The number of para-hydroxylation sites is 1. The number of hydrogen-bond acceptors (Lipinski definition) is 4. The van der Waals surface area contributed by atoms with Gasteiger partial charge in [0.25, 0.3) is 5.91 Å². The summed E-state index contributed by atoms with van der Waals surface area (Å²) in [5.41, 5.74) is 1.26. The van der Waals surface area contributed by atoms with Crippen molar-refractivity contribution >= 4 is 23.5 Å². The highest BCUT2D eigenvalue weighted by atomic mass is 16.5. The molecule has 2 amide bonds. The van der Waals surface area contributed by atoms with Gasteiger partial charge < -0.3 is 15.0 Å². The molecule has 2 aliphatic heterocycles. The number of rotatable bonds is 4. The molecular formula is C18H22N2O4. The van der Waals surface area contributed by atoms with Gasteiger partial charge in [0.15, 0.2) is 0 Å². The third-order valence-corrected chi connectivity index (χ3v) is 4.66. The average molecular weight is 330 g/mol. The van der Waals surface area contributed by atoms with Crippen LogP contribution in [0, 0.1) is 0 Å². The molecule has 0 saturated heterocycles. The van der Waals surface area contributed by atoms with Crippen molar-refractivity contribution in [1.29, 1.82) is 0 Å². The van der Waals surface area contributed by atoms with Crippen LogP contribution < -0.4 is 10.2 Å². The number of amides is 2. The van der Waals surface area contributed by atoms with Crippen molar-refractivity contribution in [3.63, 3.8) is 0 Å². The maximum Gasteiger partial charge on any atom is 0.342 e. The number of carbonyl (C=O) groups is 3. The van der Waals surface area contributed by atoms with Gasteiger partial charge in [-0.25, -0.2) is 4.79 Å². The third-order valence-electron chi connectivity index (χ3n) is 4.66. The van der Waals surface area contributed by atoms with Crippen LogP contribution in [0.4, 0.5) is 5.69 Å². The normalized spacial score (nSPS) is 21.9. The van der Waals surface area contributed by atoms with Crippen molar-refractivity contribution in [3.8, 4) is 0 Å².